The summed E-state index contributed by atoms with van der Waals surface area (Å²) in [5.74, 6) is -0.0507. The van der Waals surface area contributed by atoms with E-state index in [0.717, 1.165) is 24.8 Å². The fraction of sp³-hybridized carbons (Fsp3) is 0.550. The fourth-order valence-corrected chi connectivity index (χ4v) is 3.53. The maximum absolute atomic E-state index is 12.1. The summed E-state index contributed by atoms with van der Waals surface area (Å²) in [6.07, 6.45) is 5.16. The molecule has 1 aromatic heterocycles. The molecule has 1 fully saturated rings. The summed E-state index contributed by atoms with van der Waals surface area (Å²) in [5.41, 5.74) is 2.43. The lowest BCUT2D eigenvalue weighted by molar-refractivity contribution is -0.154. The van der Waals surface area contributed by atoms with Crippen LogP contribution in [0.2, 0.25) is 0 Å². The number of aryl methyl sites for hydroxylation is 1. The summed E-state index contributed by atoms with van der Waals surface area (Å²) in [7, 11) is 0. The molecule has 3 rings (SSSR count). The Labute approximate surface area is 149 Å². The smallest absolute Gasteiger partial charge is 0.220 e. The summed E-state index contributed by atoms with van der Waals surface area (Å²) >= 11 is 0. The van der Waals surface area contributed by atoms with Crippen LogP contribution in [0.3, 0.4) is 0 Å². The molecule has 1 amide bonds. The molecule has 2 N–H and O–H groups in total. The standard InChI is InChI=1S/C20H28N2O3/c1-15(12-20(2)24-10-11-25-20)13-22-19(23)9-5-6-16-14-21-18-8-4-3-7-17(16)18/h3-4,7-8,14-15,21H,5-6,9-13H2,1-2H3,(H,22,23)/t15-/m1/s1. The van der Waals surface area contributed by atoms with Gasteiger partial charge in [-0.15, -0.1) is 0 Å². The summed E-state index contributed by atoms with van der Waals surface area (Å²) < 4.78 is 11.2. The Bertz CT molecular complexity index is 704. The van der Waals surface area contributed by atoms with Crippen LogP contribution in [-0.2, 0) is 20.7 Å². The molecule has 0 saturated carbocycles. The molecule has 1 saturated heterocycles. The lowest BCUT2D eigenvalue weighted by Crippen LogP contribution is -2.34. The molecule has 0 radical (unpaired) electrons. The van der Waals surface area contributed by atoms with E-state index < -0.39 is 5.79 Å². The van der Waals surface area contributed by atoms with E-state index in [-0.39, 0.29) is 5.91 Å². The molecule has 2 aromatic rings. The van der Waals surface area contributed by atoms with Crippen molar-refractivity contribution in [3.8, 4) is 0 Å². The number of rotatable bonds is 8. The molecule has 0 aliphatic carbocycles. The van der Waals surface area contributed by atoms with Gasteiger partial charge in [0, 0.05) is 36.5 Å². The van der Waals surface area contributed by atoms with E-state index in [1.165, 1.54) is 10.9 Å². The van der Waals surface area contributed by atoms with E-state index in [2.05, 4.69) is 29.4 Å². The number of hydrogen-bond acceptors (Lipinski definition) is 3. The molecule has 2 heterocycles. The minimum Gasteiger partial charge on any atom is -0.361 e. The number of aromatic nitrogens is 1. The van der Waals surface area contributed by atoms with Crippen molar-refractivity contribution in [1.29, 1.82) is 0 Å². The number of carbonyl (C=O) groups excluding carboxylic acids is 1. The van der Waals surface area contributed by atoms with Crippen LogP contribution in [0.5, 0.6) is 0 Å². The number of hydrogen-bond donors (Lipinski definition) is 2. The predicted octanol–water partition coefficient (Wildman–Crippen LogP) is 3.40. The second-order valence-electron chi connectivity index (χ2n) is 7.16. The van der Waals surface area contributed by atoms with Crippen molar-refractivity contribution in [2.24, 2.45) is 5.92 Å². The summed E-state index contributed by atoms with van der Waals surface area (Å²) in [5, 5.41) is 4.28. The maximum atomic E-state index is 12.1. The molecule has 1 aromatic carbocycles. The van der Waals surface area contributed by atoms with Gasteiger partial charge in [-0.25, -0.2) is 0 Å². The van der Waals surface area contributed by atoms with Crippen LogP contribution in [0.25, 0.3) is 10.9 Å². The molecule has 1 atom stereocenters. The van der Waals surface area contributed by atoms with Crippen molar-refractivity contribution in [1.82, 2.24) is 10.3 Å². The van der Waals surface area contributed by atoms with E-state index in [1.807, 2.05) is 25.3 Å². The zero-order valence-corrected chi connectivity index (χ0v) is 15.1. The zero-order chi connectivity index (χ0) is 17.7. The van der Waals surface area contributed by atoms with Gasteiger partial charge in [-0.3, -0.25) is 4.79 Å². The highest BCUT2D eigenvalue weighted by Gasteiger charge is 2.32. The van der Waals surface area contributed by atoms with E-state index in [1.54, 1.807) is 0 Å². The molecular weight excluding hydrogens is 316 g/mol. The van der Waals surface area contributed by atoms with Gasteiger partial charge >= 0.3 is 0 Å². The van der Waals surface area contributed by atoms with Crippen LogP contribution in [0.15, 0.2) is 30.5 Å². The SMILES string of the molecule is C[C@@H](CNC(=O)CCCc1c[nH]c2ccccc12)CC1(C)OCCO1. The Morgan fingerprint density at radius 3 is 2.88 bits per heavy atom. The van der Waals surface area contributed by atoms with Gasteiger partial charge in [0.1, 0.15) is 0 Å². The fourth-order valence-electron chi connectivity index (χ4n) is 3.53. The first-order valence-electron chi connectivity index (χ1n) is 9.15. The summed E-state index contributed by atoms with van der Waals surface area (Å²) in [6, 6.07) is 8.27. The van der Waals surface area contributed by atoms with Crippen molar-refractivity contribution in [3.63, 3.8) is 0 Å². The highest BCUT2D eigenvalue weighted by atomic mass is 16.7. The van der Waals surface area contributed by atoms with Gasteiger partial charge < -0.3 is 19.8 Å². The number of ether oxygens (including phenoxy) is 2. The van der Waals surface area contributed by atoms with Crippen LogP contribution in [0, 0.1) is 5.92 Å². The number of fused-ring (bicyclic) bond motifs is 1. The normalized spacial score (nSPS) is 17.7. The van der Waals surface area contributed by atoms with Gasteiger partial charge in [-0.05, 0) is 37.3 Å². The first kappa shape index (κ1) is 18.0. The Balaban J connectivity index is 1.36. The molecule has 136 valence electrons. The number of nitrogens with one attached hydrogen (secondary N) is 2. The highest BCUT2D eigenvalue weighted by Crippen LogP contribution is 2.26. The zero-order valence-electron chi connectivity index (χ0n) is 15.1. The second kappa shape index (κ2) is 8.02. The van der Waals surface area contributed by atoms with Crippen LogP contribution in [0.1, 0.15) is 38.7 Å². The molecule has 0 spiro atoms. The average Bonchev–Trinajstić information content (AvgIpc) is 3.20. The molecule has 0 unspecified atom stereocenters. The van der Waals surface area contributed by atoms with Gasteiger partial charge in [-0.2, -0.15) is 0 Å². The molecule has 1 aliphatic heterocycles. The highest BCUT2D eigenvalue weighted by molar-refractivity contribution is 5.83. The number of H-pyrrole nitrogens is 1. The quantitative estimate of drug-likeness (QED) is 0.771. The molecule has 0 bridgehead atoms. The predicted molar refractivity (Wildman–Crippen MR) is 98.3 cm³/mol. The third-order valence-electron chi connectivity index (χ3n) is 4.79. The summed E-state index contributed by atoms with van der Waals surface area (Å²) in [4.78, 5) is 15.4. The number of carbonyl (C=O) groups is 1. The number of aromatic amines is 1. The lowest BCUT2D eigenvalue weighted by Gasteiger charge is -2.26. The van der Waals surface area contributed by atoms with Crippen LogP contribution in [0.4, 0.5) is 0 Å². The van der Waals surface area contributed by atoms with Crippen LogP contribution < -0.4 is 5.32 Å². The number of amides is 1. The van der Waals surface area contributed by atoms with Gasteiger partial charge in [-0.1, -0.05) is 25.1 Å². The Morgan fingerprint density at radius 2 is 2.08 bits per heavy atom. The van der Waals surface area contributed by atoms with E-state index in [9.17, 15) is 4.79 Å². The lowest BCUT2D eigenvalue weighted by atomic mass is 10.0. The number of benzene rings is 1. The molecule has 5 heteroatoms. The third-order valence-corrected chi connectivity index (χ3v) is 4.79. The summed E-state index contributed by atoms with van der Waals surface area (Å²) in [6.45, 7) is 6.06. The van der Waals surface area contributed by atoms with Crippen molar-refractivity contribution in [2.45, 2.75) is 45.3 Å². The van der Waals surface area contributed by atoms with Crippen LogP contribution >= 0.6 is 0 Å². The van der Waals surface area contributed by atoms with Crippen molar-refractivity contribution >= 4 is 16.8 Å². The van der Waals surface area contributed by atoms with E-state index in [0.29, 0.717) is 32.1 Å². The van der Waals surface area contributed by atoms with Gasteiger partial charge in [0.2, 0.25) is 5.91 Å². The van der Waals surface area contributed by atoms with E-state index >= 15 is 0 Å². The first-order chi connectivity index (χ1) is 12.1. The maximum Gasteiger partial charge on any atom is 0.220 e. The Hall–Kier alpha value is -1.85. The minimum atomic E-state index is -0.487. The number of para-hydroxylation sites is 1. The Kier molecular flexibility index (Phi) is 5.76. The largest absolute Gasteiger partial charge is 0.361 e. The van der Waals surface area contributed by atoms with Crippen molar-refractivity contribution in [2.75, 3.05) is 19.8 Å². The molecule has 5 nitrogen and oxygen atoms in total. The van der Waals surface area contributed by atoms with Gasteiger partial charge in [0.05, 0.1) is 13.2 Å². The van der Waals surface area contributed by atoms with Crippen molar-refractivity contribution in [3.05, 3.63) is 36.0 Å². The second-order valence-corrected chi connectivity index (χ2v) is 7.16. The third kappa shape index (κ3) is 4.83. The molecule has 1 aliphatic rings. The van der Waals surface area contributed by atoms with Gasteiger partial charge in [0.25, 0.3) is 0 Å². The van der Waals surface area contributed by atoms with Gasteiger partial charge in [0.15, 0.2) is 5.79 Å². The molecular formula is C20H28N2O3. The Morgan fingerprint density at radius 1 is 1.32 bits per heavy atom. The monoisotopic (exact) mass is 344 g/mol. The minimum absolute atomic E-state index is 0.116. The molecule has 25 heavy (non-hydrogen) atoms. The van der Waals surface area contributed by atoms with Crippen molar-refractivity contribution < 1.29 is 14.3 Å². The van der Waals surface area contributed by atoms with Crippen LogP contribution in [-0.4, -0.2) is 36.4 Å². The first-order valence-corrected chi connectivity index (χ1v) is 9.15. The topological polar surface area (TPSA) is 63.4 Å². The van der Waals surface area contributed by atoms with E-state index in [4.69, 9.17) is 9.47 Å². The average molecular weight is 344 g/mol.